The predicted octanol–water partition coefficient (Wildman–Crippen LogP) is 2.84. The Morgan fingerprint density at radius 1 is 1.00 bits per heavy atom. The van der Waals surface area contributed by atoms with Crippen molar-refractivity contribution in [1.82, 2.24) is 20.2 Å². The van der Waals surface area contributed by atoms with Crippen LogP contribution >= 0.6 is 0 Å². The summed E-state index contributed by atoms with van der Waals surface area (Å²) in [5, 5.41) is 15.5. The fourth-order valence-corrected chi connectivity index (χ4v) is 3.28. The highest BCUT2D eigenvalue weighted by Gasteiger charge is 2.31. The monoisotopic (exact) mass is 337 g/mol. The molecule has 7 nitrogen and oxygen atoms in total. The van der Waals surface area contributed by atoms with Crippen LogP contribution in [-0.2, 0) is 0 Å². The van der Waals surface area contributed by atoms with E-state index in [2.05, 4.69) is 33.0 Å². The van der Waals surface area contributed by atoms with Crippen LogP contribution in [-0.4, -0.2) is 34.4 Å². The van der Waals surface area contributed by atoms with Crippen molar-refractivity contribution in [2.24, 2.45) is 0 Å². The van der Waals surface area contributed by atoms with Gasteiger partial charge in [0, 0.05) is 0 Å². The van der Waals surface area contributed by atoms with Crippen molar-refractivity contribution in [2.45, 2.75) is 18.5 Å². The maximum atomic E-state index is 5.45. The second-order valence-electron chi connectivity index (χ2n) is 5.92. The van der Waals surface area contributed by atoms with E-state index in [-0.39, 0.29) is 12.1 Å². The lowest BCUT2D eigenvalue weighted by molar-refractivity contribution is 0.352. The van der Waals surface area contributed by atoms with Gasteiger partial charge in [-0.2, -0.15) is 0 Å². The third kappa shape index (κ3) is 2.77. The molecule has 2 atom stereocenters. The van der Waals surface area contributed by atoms with Gasteiger partial charge in [-0.05, 0) is 40.1 Å². The van der Waals surface area contributed by atoms with Gasteiger partial charge in [0.05, 0.1) is 26.3 Å². The summed E-state index contributed by atoms with van der Waals surface area (Å²) in [5.74, 6) is 2.07. The van der Waals surface area contributed by atoms with E-state index in [1.807, 2.05) is 41.1 Å². The van der Waals surface area contributed by atoms with E-state index in [1.165, 1.54) is 5.56 Å². The molecule has 0 amide bonds. The Morgan fingerprint density at radius 2 is 1.80 bits per heavy atom. The van der Waals surface area contributed by atoms with Crippen molar-refractivity contribution in [3.05, 3.63) is 59.7 Å². The van der Waals surface area contributed by atoms with Crippen LogP contribution in [0.25, 0.3) is 0 Å². The number of anilines is 1. The standard InChI is InChI=1S/C18H19N5O2/c1-24-16-9-8-13(10-17(16)25-2)15-11-14(12-6-4-3-5-7-12)19-18-20-21-22-23(15)18/h3-10,14-15H,11H2,1-2H3,(H,19,20,22)/t14-,15+/m0/s1. The van der Waals surface area contributed by atoms with E-state index in [9.17, 15) is 0 Å². The maximum Gasteiger partial charge on any atom is 0.243 e. The molecule has 7 heteroatoms. The van der Waals surface area contributed by atoms with Crippen molar-refractivity contribution in [1.29, 1.82) is 0 Å². The number of rotatable bonds is 4. The number of ether oxygens (including phenoxy) is 2. The smallest absolute Gasteiger partial charge is 0.243 e. The molecule has 0 unspecified atom stereocenters. The molecule has 0 radical (unpaired) electrons. The van der Waals surface area contributed by atoms with Crippen LogP contribution in [0.2, 0.25) is 0 Å². The summed E-state index contributed by atoms with van der Waals surface area (Å²) in [7, 11) is 3.27. The first kappa shape index (κ1) is 15.4. The number of methoxy groups -OCH3 is 2. The van der Waals surface area contributed by atoms with Crippen molar-refractivity contribution in [2.75, 3.05) is 19.5 Å². The Labute approximate surface area is 145 Å². The van der Waals surface area contributed by atoms with Gasteiger partial charge in [-0.15, -0.1) is 0 Å². The highest BCUT2D eigenvalue weighted by molar-refractivity contribution is 5.45. The number of fused-ring (bicyclic) bond motifs is 1. The van der Waals surface area contributed by atoms with Gasteiger partial charge in [-0.3, -0.25) is 0 Å². The van der Waals surface area contributed by atoms with E-state index < -0.39 is 0 Å². The van der Waals surface area contributed by atoms with Gasteiger partial charge in [-0.1, -0.05) is 41.5 Å². The largest absolute Gasteiger partial charge is 0.493 e. The van der Waals surface area contributed by atoms with Gasteiger partial charge in [0.25, 0.3) is 0 Å². The third-order valence-electron chi connectivity index (χ3n) is 4.54. The average Bonchev–Trinajstić information content (AvgIpc) is 3.16. The molecule has 2 aromatic carbocycles. The van der Waals surface area contributed by atoms with Crippen LogP contribution in [0, 0.1) is 0 Å². The average molecular weight is 337 g/mol. The molecular weight excluding hydrogens is 318 g/mol. The van der Waals surface area contributed by atoms with Gasteiger partial charge in [0.1, 0.15) is 0 Å². The SMILES string of the molecule is COc1ccc([C@H]2C[C@@H](c3ccccc3)Nc3nnnn32)cc1OC. The van der Waals surface area contributed by atoms with Crippen molar-refractivity contribution in [3.63, 3.8) is 0 Å². The number of nitrogens with zero attached hydrogens (tertiary/aromatic N) is 4. The topological polar surface area (TPSA) is 74.1 Å². The fourth-order valence-electron chi connectivity index (χ4n) is 3.28. The lowest BCUT2D eigenvalue weighted by Gasteiger charge is -2.31. The molecule has 1 aliphatic rings. The van der Waals surface area contributed by atoms with Crippen LogP contribution in [0.5, 0.6) is 11.5 Å². The molecule has 1 N–H and O–H groups in total. The van der Waals surface area contributed by atoms with Gasteiger partial charge in [0.15, 0.2) is 11.5 Å². The summed E-state index contributed by atoms with van der Waals surface area (Å²) in [6.45, 7) is 0. The summed E-state index contributed by atoms with van der Waals surface area (Å²) < 4.78 is 12.6. The number of benzene rings is 2. The van der Waals surface area contributed by atoms with E-state index in [4.69, 9.17) is 9.47 Å². The Hall–Kier alpha value is -3.09. The summed E-state index contributed by atoms with van der Waals surface area (Å²) in [4.78, 5) is 0. The van der Waals surface area contributed by atoms with Crippen molar-refractivity contribution < 1.29 is 9.47 Å². The lowest BCUT2D eigenvalue weighted by Crippen LogP contribution is -2.28. The first-order valence-corrected chi connectivity index (χ1v) is 8.11. The maximum absolute atomic E-state index is 5.45. The summed E-state index contributed by atoms with van der Waals surface area (Å²) in [6, 6.07) is 16.4. The fraction of sp³-hybridized carbons (Fsp3) is 0.278. The van der Waals surface area contributed by atoms with E-state index in [0.29, 0.717) is 17.4 Å². The predicted molar refractivity (Wildman–Crippen MR) is 92.9 cm³/mol. The minimum absolute atomic E-state index is 0.0104. The number of tetrazole rings is 1. The molecule has 2 heterocycles. The van der Waals surface area contributed by atoms with Crippen LogP contribution in [0.15, 0.2) is 48.5 Å². The Balaban J connectivity index is 1.73. The zero-order valence-corrected chi connectivity index (χ0v) is 14.1. The molecule has 1 aliphatic heterocycles. The van der Waals surface area contributed by atoms with Crippen molar-refractivity contribution in [3.8, 4) is 11.5 Å². The number of aromatic nitrogens is 4. The minimum Gasteiger partial charge on any atom is -0.493 e. The highest BCUT2D eigenvalue weighted by atomic mass is 16.5. The molecule has 0 spiro atoms. The lowest BCUT2D eigenvalue weighted by atomic mass is 9.93. The molecular formula is C18H19N5O2. The summed E-state index contributed by atoms with van der Waals surface area (Å²) in [5.41, 5.74) is 2.29. The molecule has 128 valence electrons. The molecule has 0 saturated carbocycles. The van der Waals surface area contributed by atoms with Gasteiger partial charge < -0.3 is 14.8 Å². The first-order chi connectivity index (χ1) is 12.3. The zero-order valence-electron chi connectivity index (χ0n) is 14.1. The van der Waals surface area contributed by atoms with Gasteiger partial charge >= 0.3 is 0 Å². The molecule has 0 fully saturated rings. The van der Waals surface area contributed by atoms with Crippen molar-refractivity contribution >= 4 is 5.95 Å². The van der Waals surface area contributed by atoms with Crippen LogP contribution < -0.4 is 14.8 Å². The Kier molecular flexibility index (Phi) is 3.97. The molecule has 4 rings (SSSR count). The zero-order chi connectivity index (χ0) is 17.2. The molecule has 0 bridgehead atoms. The molecule has 0 saturated heterocycles. The Morgan fingerprint density at radius 3 is 2.56 bits per heavy atom. The van der Waals surface area contributed by atoms with Gasteiger partial charge in [0.2, 0.25) is 5.95 Å². The second kappa shape index (κ2) is 6.43. The number of nitrogens with one attached hydrogen (secondary N) is 1. The molecule has 3 aromatic rings. The molecule has 1 aromatic heterocycles. The van der Waals surface area contributed by atoms with E-state index in [0.717, 1.165) is 12.0 Å². The van der Waals surface area contributed by atoms with E-state index in [1.54, 1.807) is 14.2 Å². The minimum atomic E-state index is 0.0104. The van der Waals surface area contributed by atoms with Crippen LogP contribution in [0.4, 0.5) is 5.95 Å². The normalized spacial score (nSPS) is 19.0. The molecule has 0 aliphatic carbocycles. The molecule has 25 heavy (non-hydrogen) atoms. The third-order valence-corrected chi connectivity index (χ3v) is 4.54. The quantitative estimate of drug-likeness (QED) is 0.789. The number of hydrogen-bond donors (Lipinski definition) is 1. The first-order valence-electron chi connectivity index (χ1n) is 8.11. The number of hydrogen-bond acceptors (Lipinski definition) is 6. The van der Waals surface area contributed by atoms with E-state index >= 15 is 0 Å². The summed E-state index contributed by atoms with van der Waals surface area (Å²) >= 11 is 0. The van der Waals surface area contributed by atoms with Crippen LogP contribution in [0.1, 0.15) is 29.6 Å². The van der Waals surface area contributed by atoms with Gasteiger partial charge in [-0.25, -0.2) is 4.68 Å². The second-order valence-corrected chi connectivity index (χ2v) is 5.92. The highest BCUT2D eigenvalue weighted by Crippen LogP contribution is 2.39. The van der Waals surface area contributed by atoms with Crippen LogP contribution in [0.3, 0.4) is 0 Å². The summed E-state index contributed by atoms with van der Waals surface area (Å²) in [6.07, 6.45) is 0.831. The Bertz CT molecular complexity index is 865.